The predicted molar refractivity (Wildman–Crippen MR) is 73.0 cm³/mol. The van der Waals surface area contributed by atoms with Gasteiger partial charge in [0, 0.05) is 6.54 Å². The first-order valence-corrected chi connectivity index (χ1v) is 6.29. The lowest BCUT2D eigenvalue weighted by Gasteiger charge is -2.04. The van der Waals surface area contributed by atoms with Gasteiger partial charge in [0.2, 0.25) is 5.76 Å². The largest absolute Gasteiger partial charge is 0.463 e. The molecule has 0 saturated carbocycles. The van der Waals surface area contributed by atoms with Gasteiger partial charge in [0.15, 0.2) is 0 Å². The lowest BCUT2D eigenvalue weighted by atomic mass is 10.1. The zero-order valence-electron chi connectivity index (χ0n) is 11.3. The van der Waals surface area contributed by atoms with Crippen LogP contribution in [-0.4, -0.2) is 18.2 Å². The molecule has 1 heterocycles. The van der Waals surface area contributed by atoms with E-state index in [4.69, 9.17) is 9.52 Å². The quantitative estimate of drug-likeness (QED) is 0.787. The molecule has 5 heteroatoms. The maximum Gasteiger partial charge on any atom is 0.373 e. The van der Waals surface area contributed by atoms with Crippen LogP contribution in [0.1, 0.15) is 27.4 Å². The van der Waals surface area contributed by atoms with Crippen LogP contribution >= 0.6 is 0 Å². The Bertz CT molecular complexity index is 577. The smallest absolute Gasteiger partial charge is 0.373 e. The van der Waals surface area contributed by atoms with Gasteiger partial charge < -0.3 is 19.6 Å². The van der Waals surface area contributed by atoms with Gasteiger partial charge in [-0.1, -0.05) is 24.3 Å². The number of carbonyl (C=O) groups excluding carboxylic acids is 1. The summed E-state index contributed by atoms with van der Waals surface area (Å²) in [7, 11) is 1.32. The summed E-state index contributed by atoms with van der Waals surface area (Å²) in [6.07, 6.45) is 0. The maximum absolute atomic E-state index is 11.2. The van der Waals surface area contributed by atoms with E-state index in [0.29, 0.717) is 18.8 Å². The van der Waals surface area contributed by atoms with E-state index in [1.807, 2.05) is 24.3 Å². The third-order valence-electron chi connectivity index (χ3n) is 2.85. The highest BCUT2D eigenvalue weighted by atomic mass is 16.5. The van der Waals surface area contributed by atoms with Crippen molar-refractivity contribution in [1.29, 1.82) is 0 Å². The highest BCUT2D eigenvalue weighted by Crippen LogP contribution is 2.10. The number of furan rings is 1. The number of aliphatic hydroxyl groups excluding tert-OH is 1. The van der Waals surface area contributed by atoms with Crippen LogP contribution in [0.2, 0.25) is 0 Å². The molecular formula is C15H17NO4. The SMILES string of the molecule is COC(=O)c1ccc(CNCc2cccc(CO)c2)o1. The molecule has 1 aromatic carbocycles. The van der Waals surface area contributed by atoms with E-state index in [1.165, 1.54) is 7.11 Å². The van der Waals surface area contributed by atoms with E-state index >= 15 is 0 Å². The van der Waals surface area contributed by atoms with E-state index in [2.05, 4.69) is 10.1 Å². The molecule has 2 aromatic rings. The van der Waals surface area contributed by atoms with Gasteiger partial charge in [0.1, 0.15) is 5.76 Å². The first-order valence-electron chi connectivity index (χ1n) is 6.29. The van der Waals surface area contributed by atoms with Crippen LogP contribution in [0.4, 0.5) is 0 Å². The van der Waals surface area contributed by atoms with E-state index in [-0.39, 0.29) is 12.4 Å². The van der Waals surface area contributed by atoms with Gasteiger partial charge in [-0.15, -0.1) is 0 Å². The summed E-state index contributed by atoms with van der Waals surface area (Å²) in [4.78, 5) is 11.2. The summed E-state index contributed by atoms with van der Waals surface area (Å²) < 4.78 is 9.91. The number of aliphatic hydroxyl groups is 1. The van der Waals surface area contributed by atoms with Crippen molar-refractivity contribution in [3.63, 3.8) is 0 Å². The lowest BCUT2D eigenvalue weighted by Crippen LogP contribution is -2.12. The van der Waals surface area contributed by atoms with E-state index in [0.717, 1.165) is 11.1 Å². The second-order valence-corrected chi connectivity index (χ2v) is 4.34. The molecule has 0 bridgehead atoms. The molecule has 0 spiro atoms. The Morgan fingerprint density at radius 2 is 2.05 bits per heavy atom. The highest BCUT2D eigenvalue weighted by molar-refractivity contribution is 5.86. The van der Waals surface area contributed by atoms with Gasteiger partial charge in [-0.3, -0.25) is 0 Å². The average Bonchev–Trinajstić information content (AvgIpc) is 2.95. The summed E-state index contributed by atoms with van der Waals surface area (Å²) in [6.45, 7) is 1.21. The number of hydrogen-bond acceptors (Lipinski definition) is 5. The van der Waals surface area contributed by atoms with Crippen molar-refractivity contribution in [3.05, 3.63) is 59.0 Å². The Hall–Kier alpha value is -2.11. The van der Waals surface area contributed by atoms with Crippen LogP contribution in [0.25, 0.3) is 0 Å². The monoisotopic (exact) mass is 275 g/mol. The second kappa shape index (κ2) is 6.88. The Morgan fingerprint density at radius 3 is 2.80 bits per heavy atom. The fraction of sp³-hybridized carbons (Fsp3) is 0.267. The van der Waals surface area contributed by atoms with Gasteiger partial charge in [-0.05, 0) is 23.3 Å². The Balaban J connectivity index is 1.86. The van der Waals surface area contributed by atoms with Crippen LogP contribution in [0.5, 0.6) is 0 Å². The van der Waals surface area contributed by atoms with Crippen molar-refractivity contribution < 1.29 is 19.1 Å². The second-order valence-electron chi connectivity index (χ2n) is 4.34. The summed E-state index contributed by atoms with van der Waals surface area (Å²) in [5, 5.41) is 12.3. The third kappa shape index (κ3) is 3.69. The number of hydrogen-bond donors (Lipinski definition) is 2. The number of rotatable bonds is 6. The van der Waals surface area contributed by atoms with Gasteiger partial charge in [-0.2, -0.15) is 0 Å². The molecule has 0 saturated heterocycles. The molecule has 20 heavy (non-hydrogen) atoms. The average molecular weight is 275 g/mol. The maximum atomic E-state index is 11.2. The molecule has 2 rings (SSSR count). The molecule has 0 aliphatic heterocycles. The topological polar surface area (TPSA) is 71.7 Å². The fourth-order valence-corrected chi connectivity index (χ4v) is 1.85. The number of carbonyl (C=O) groups is 1. The molecule has 0 aliphatic rings. The summed E-state index contributed by atoms with van der Waals surface area (Å²) in [6, 6.07) is 11.0. The number of methoxy groups -OCH3 is 1. The van der Waals surface area contributed by atoms with Crippen molar-refractivity contribution >= 4 is 5.97 Å². The summed E-state index contributed by atoms with van der Waals surface area (Å²) in [5.41, 5.74) is 1.96. The zero-order valence-corrected chi connectivity index (χ0v) is 11.3. The number of benzene rings is 1. The minimum atomic E-state index is -0.480. The van der Waals surface area contributed by atoms with Crippen LogP contribution in [0.15, 0.2) is 40.8 Å². The van der Waals surface area contributed by atoms with Crippen molar-refractivity contribution in [3.8, 4) is 0 Å². The Morgan fingerprint density at radius 1 is 1.25 bits per heavy atom. The zero-order chi connectivity index (χ0) is 14.4. The molecular weight excluding hydrogens is 258 g/mol. The molecule has 0 aliphatic carbocycles. The Kier molecular flexibility index (Phi) is 4.92. The van der Waals surface area contributed by atoms with Gasteiger partial charge in [0.05, 0.1) is 20.3 Å². The molecule has 5 nitrogen and oxygen atoms in total. The molecule has 0 atom stereocenters. The van der Waals surface area contributed by atoms with E-state index in [1.54, 1.807) is 12.1 Å². The minimum Gasteiger partial charge on any atom is -0.463 e. The normalized spacial score (nSPS) is 10.5. The number of esters is 1. The molecule has 106 valence electrons. The number of ether oxygens (including phenoxy) is 1. The minimum absolute atomic E-state index is 0.0362. The number of nitrogens with one attached hydrogen (secondary N) is 1. The van der Waals surface area contributed by atoms with Crippen LogP contribution in [0, 0.1) is 0 Å². The van der Waals surface area contributed by atoms with Crippen LogP contribution < -0.4 is 5.32 Å². The summed E-state index contributed by atoms with van der Waals surface area (Å²) in [5.74, 6) is 0.391. The predicted octanol–water partition coefficient (Wildman–Crippen LogP) is 1.85. The Labute approximate surface area is 117 Å². The summed E-state index contributed by atoms with van der Waals surface area (Å²) >= 11 is 0. The molecule has 0 radical (unpaired) electrons. The molecule has 2 N–H and O–H groups in total. The fourth-order valence-electron chi connectivity index (χ4n) is 1.85. The van der Waals surface area contributed by atoms with Crippen molar-refractivity contribution in [2.45, 2.75) is 19.7 Å². The van der Waals surface area contributed by atoms with Gasteiger partial charge in [-0.25, -0.2) is 4.79 Å². The van der Waals surface area contributed by atoms with Gasteiger partial charge in [0.25, 0.3) is 0 Å². The van der Waals surface area contributed by atoms with Crippen molar-refractivity contribution in [2.75, 3.05) is 7.11 Å². The van der Waals surface area contributed by atoms with Crippen molar-refractivity contribution in [2.24, 2.45) is 0 Å². The van der Waals surface area contributed by atoms with Gasteiger partial charge >= 0.3 is 5.97 Å². The third-order valence-corrected chi connectivity index (χ3v) is 2.85. The lowest BCUT2D eigenvalue weighted by molar-refractivity contribution is 0.0563. The van der Waals surface area contributed by atoms with Crippen molar-refractivity contribution in [1.82, 2.24) is 5.32 Å². The van der Waals surface area contributed by atoms with E-state index < -0.39 is 5.97 Å². The first-order chi connectivity index (χ1) is 9.72. The standard InChI is InChI=1S/C15H17NO4/c1-19-15(18)14-6-5-13(20-14)9-16-8-11-3-2-4-12(7-11)10-17/h2-7,16-17H,8-10H2,1H3. The van der Waals surface area contributed by atoms with E-state index in [9.17, 15) is 4.79 Å². The first kappa shape index (κ1) is 14.3. The van der Waals surface area contributed by atoms with Crippen LogP contribution in [-0.2, 0) is 24.4 Å². The molecule has 0 unspecified atom stereocenters. The van der Waals surface area contributed by atoms with Crippen LogP contribution in [0.3, 0.4) is 0 Å². The highest BCUT2D eigenvalue weighted by Gasteiger charge is 2.10. The molecule has 0 fully saturated rings. The molecule has 0 amide bonds. The molecule has 1 aromatic heterocycles.